The summed E-state index contributed by atoms with van der Waals surface area (Å²) in [5, 5.41) is 6.73. The van der Waals surface area contributed by atoms with E-state index < -0.39 is 0 Å². The van der Waals surface area contributed by atoms with Gasteiger partial charge in [0.25, 0.3) is 5.91 Å². The second kappa shape index (κ2) is 7.36. The lowest BCUT2D eigenvalue weighted by Crippen LogP contribution is -2.35. The number of nitrogens with zero attached hydrogens (tertiary/aromatic N) is 1. The Labute approximate surface area is 124 Å². The van der Waals surface area contributed by atoms with Gasteiger partial charge in [0.15, 0.2) is 5.69 Å². The topological polar surface area (TPSA) is 98.2 Å². The van der Waals surface area contributed by atoms with Crippen LogP contribution in [0.1, 0.15) is 67.6 Å². The highest BCUT2D eigenvalue weighted by molar-refractivity contribution is 5.92. The van der Waals surface area contributed by atoms with E-state index in [2.05, 4.69) is 10.5 Å². The van der Waals surface area contributed by atoms with E-state index in [1.165, 1.54) is 0 Å². The van der Waals surface area contributed by atoms with Crippen LogP contribution in [0, 0.1) is 0 Å². The Morgan fingerprint density at radius 2 is 2.24 bits per heavy atom. The summed E-state index contributed by atoms with van der Waals surface area (Å²) >= 11 is 0. The molecule has 0 aliphatic heterocycles. The number of Topliss-reactive ketones (excluding diaryl/α,β-unsaturated/α-hetero) is 1. The van der Waals surface area contributed by atoms with Crippen LogP contribution in [-0.4, -0.2) is 29.4 Å². The highest BCUT2D eigenvalue weighted by atomic mass is 16.5. The summed E-state index contributed by atoms with van der Waals surface area (Å²) in [4.78, 5) is 23.6. The van der Waals surface area contributed by atoms with E-state index in [0.29, 0.717) is 37.4 Å². The number of nitrogens with two attached hydrogens (primary N) is 1. The molecule has 0 spiro atoms. The summed E-state index contributed by atoms with van der Waals surface area (Å²) in [7, 11) is 0. The number of aromatic nitrogens is 1. The molecule has 1 heterocycles. The third kappa shape index (κ3) is 4.67. The summed E-state index contributed by atoms with van der Waals surface area (Å²) in [5.74, 6) is 1.15. The van der Waals surface area contributed by atoms with Gasteiger partial charge in [0.1, 0.15) is 11.5 Å². The van der Waals surface area contributed by atoms with Crippen LogP contribution in [-0.2, 0) is 4.79 Å². The molecule has 1 saturated carbocycles. The molecular weight excluding hydrogens is 270 g/mol. The van der Waals surface area contributed by atoms with Gasteiger partial charge in [-0.15, -0.1) is 0 Å². The van der Waals surface area contributed by atoms with Crippen LogP contribution in [0.4, 0.5) is 0 Å². The van der Waals surface area contributed by atoms with E-state index >= 15 is 0 Å². The Morgan fingerprint density at radius 1 is 1.48 bits per heavy atom. The molecule has 116 valence electrons. The first-order valence-electron chi connectivity index (χ1n) is 7.63. The van der Waals surface area contributed by atoms with Crippen molar-refractivity contribution in [3.63, 3.8) is 0 Å². The number of carbonyl (C=O) groups excluding carboxylic acids is 2. The van der Waals surface area contributed by atoms with Crippen molar-refractivity contribution in [2.24, 2.45) is 5.73 Å². The van der Waals surface area contributed by atoms with Gasteiger partial charge in [0.2, 0.25) is 0 Å². The second-order valence-electron chi connectivity index (χ2n) is 5.58. The number of hydrogen-bond donors (Lipinski definition) is 2. The van der Waals surface area contributed by atoms with E-state index in [0.717, 1.165) is 25.0 Å². The van der Waals surface area contributed by atoms with Crippen LogP contribution in [0.5, 0.6) is 0 Å². The molecule has 0 saturated heterocycles. The first kappa shape index (κ1) is 15.7. The fourth-order valence-corrected chi connectivity index (χ4v) is 2.22. The van der Waals surface area contributed by atoms with Gasteiger partial charge >= 0.3 is 0 Å². The standard InChI is InChI=1S/C15H23N3O3/c1-2-11(5-6-12(19)7-8-16)17-15(20)13-9-14(21-18-13)10-3-4-10/h9-11H,2-8,16H2,1H3,(H,17,20). The molecule has 0 radical (unpaired) electrons. The van der Waals surface area contributed by atoms with Gasteiger partial charge in [0.05, 0.1) is 0 Å². The Bertz CT molecular complexity index is 494. The highest BCUT2D eigenvalue weighted by Gasteiger charge is 2.29. The third-order valence-corrected chi connectivity index (χ3v) is 3.76. The van der Waals surface area contributed by atoms with Crippen molar-refractivity contribution in [2.45, 2.75) is 57.4 Å². The van der Waals surface area contributed by atoms with Crippen LogP contribution >= 0.6 is 0 Å². The minimum atomic E-state index is -0.233. The number of ketones is 1. The van der Waals surface area contributed by atoms with Crippen molar-refractivity contribution in [1.82, 2.24) is 10.5 Å². The highest BCUT2D eigenvalue weighted by Crippen LogP contribution is 2.40. The van der Waals surface area contributed by atoms with Gasteiger partial charge in [-0.3, -0.25) is 9.59 Å². The number of amides is 1. The first-order chi connectivity index (χ1) is 10.1. The molecule has 1 atom stereocenters. The Balaban J connectivity index is 1.82. The zero-order chi connectivity index (χ0) is 15.2. The van der Waals surface area contributed by atoms with Gasteiger partial charge in [-0.05, 0) is 32.2 Å². The predicted molar refractivity (Wildman–Crippen MR) is 77.9 cm³/mol. The molecule has 1 aromatic rings. The van der Waals surface area contributed by atoms with Crippen molar-refractivity contribution in [3.8, 4) is 0 Å². The lowest BCUT2D eigenvalue weighted by Gasteiger charge is -2.15. The molecule has 21 heavy (non-hydrogen) atoms. The molecule has 1 amide bonds. The van der Waals surface area contributed by atoms with Crippen LogP contribution in [0.2, 0.25) is 0 Å². The smallest absolute Gasteiger partial charge is 0.273 e. The predicted octanol–water partition coefficient (Wildman–Crippen LogP) is 1.76. The van der Waals surface area contributed by atoms with Crippen molar-refractivity contribution in [1.29, 1.82) is 0 Å². The number of rotatable bonds is 9. The molecule has 1 aliphatic rings. The van der Waals surface area contributed by atoms with Crippen LogP contribution in [0.15, 0.2) is 10.6 Å². The lowest BCUT2D eigenvalue weighted by atomic mass is 10.0. The van der Waals surface area contributed by atoms with Crippen molar-refractivity contribution in [2.75, 3.05) is 6.54 Å². The van der Waals surface area contributed by atoms with Crippen molar-refractivity contribution >= 4 is 11.7 Å². The van der Waals surface area contributed by atoms with Crippen LogP contribution in [0.3, 0.4) is 0 Å². The summed E-state index contributed by atoms with van der Waals surface area (Å²) in [6, 6.07) is 1.69. The number of nitrogens with one attached hydrogen (secondary N) is 1. The minimum absolute atomic E-state index is 0.0275. The molecule has 3 N–H and O–H groups in total. The van der Waals surface area contributed by atoms with E-state index in [4.69, 9.17) is 10.3 Å². The summed E-state index contributed by atoms with van der Waals surface area (Å²) in [5.41, 5.74) is 5.67. The average molecular weight is 293 g/mol. The fraction of sp³-hybridized carbons (Fsp3) is 0.667. The Hall–Kier alpha value is -1.69. The molecule has 0 aromatic carbocycles. The second-order valence-corrected chi connectivity index (χ2v) is 5.58. The van der Waals surface area contributed by atoms with E-state index in [9.17, 15) is 9.59 Å². The normalized spacial score (nSPS) is 15.7. The molecule has 1 fully saturated rings. The lowest BCUT2D eigenvalue weighted by molar-refractivity contribution is -0.119. The van der Waals surface area contributed by atoms with Crippen LogP contribution < -0.4 is 11.1 Å². The maximum Gasteiger partial charge on any atom is 0.273 e. The quantitative estimate of drug-likeness (QED) is 0.723. The molecule has 1 aliphatic carbocycles. The maximum atomic E-state index is 12.1. The van der Waals surface area contributed by atoms with Gasteiger partial charge < -0.3 is 15.6 Å². The van der Waals surface area contributed by atoms with Crippen molar-refractivity contribution in [3.05, 3.63) is 17.5 Å². The van der Waals surface area contributed by atoms with Gasteiger partial charge in [0, 0.05) is 30.9 Å². The van der Waals surface area contributed by atoms with Crippen molar-refractivity contribution < 1.29 is 14.1 Å². The molecule has 6 heteroatoms. The number of hydrogen-bond acceptors (Lipinski definition) is 5. The Kier molecular flexibility index (Phi) is 5.50. The summed E-state index contributed by atoms with van der Waals surface area (Å²) < 4.78 is 5.18. The van der Waals surface area contributed by atoms with Gasteiger partial charge in [-0.2, -0.15) is 0 Å². The van der Waals surface area contributed by atoms with Crippen LogP contribution in [0.25, 0.3) is 0 Å². The van der Waals surface area contributed by atoms with E-state index in [1.54, 1.807) is 6.07 Å². The monoisotopic (exact) mass is 293 g/mol. The molecule has 2 rings (SSSR count). The fourth-order valence-electron chi connectivity index (χ4n) is 2.22. The molecule has 1 unspecified atom stereocenters. The minimum Gasteiger partial charge on any atom is -0.360 e. The Morgan fingerprint density at radius 3 is 2.86 bits per heavy atom. The molecule has 1 aromatic heterocycles. The first-order valence-corrected chi connectivity index (χ1v) is 7.63. The van der Waals surface area contributed by atoms with Gasteiger partial charge in [-0.1, -0.05) is 12.1 Å². The average Bonchev–Trinajstić information content (AvgIpc) is 3.20. The number of carbonyl (C=O) groups is 2. The molecular formula is C15H23N3O3. The SMILES string of the molecule is CCC(CCC(=O)CCN)NC(=O)c1cc(C2CC2)on1. The summed E-state index contributed by atoms with van der Waals surface area (Å²) in [6.07, 6.45) is 4.47. The zero-order valence-electron chi connectivity index (χ0n) is 12.4. The van der Waals surface area contributed by atoms with E-state index in [-0.39, 0.29) is 17.7 Å². The zero-order valence-corrected chi connectivity index (χ0v) is 12.4. The maximum absolute atomic E-state index is 12.1. The molecule has 0 bridgehead atoms. The van der Waals surface area contributed by atoms with Gasteiger partial charge in [-0.25, -0.2) is 0 Å². The summed E-state index contributed by atoms with van der Waals surface area (Å²) in [6.45, 7) is 2.36. The largest absolute Gasteiger partial charge is 0.360 e. The van der Waals surface area contributed by atoms with E-state index in [1.807, 2.05) is 6.92 Å². The molecule has 6 nitrogen and oxygen atoms in total. The third-order valence-electron chi connectivity index (χ3n) is 3.76.